The van der Waals surface area contributed by atoms with Crippen molar-refractivity contribution in [1.82, 2.24) is 19.6 Å². The fraction of sp³-hybridized carbons (Fsp3) is 0.100. The summed E-state index contributed by atoms with van der Waals surface area (Å²) in [5.41, 5.74) is 6.21. The van der Waals surface area contributed by atoms with E-state index in [0.717, 1.165) is 11.4 Å². The number of furan rings is 1. The first kappa shape index (κ1) is 9.05. The normalized spacial score (nSPS) is 11.1. The third-order valence-electron chi connectivity index (χ3n) is 2.30. The van der Waals surface area contributed by atoms with Crippen molar-refractivity contribution in [2.75, 3.05) is 0 Å². The standard InChI is InChI=1S/C10H9N5O/c11-5-7-1-2-8(16-7)10-14-13-9-3-4-12-6-15(9)10/h1-4,6H,5,11H2. The topological polar surface area (TPSA) is 82.2 Å². The minimum atomic E-state index is 0.370. The third kappa shape index (κ3) is 1.28. The summed E-state index contributed by atoms with van der Waals surface area (Å²) in [7, 11) is 0. The number of rotatable bonds is 2. The van der Waals surface area contributed by atoms with Gasteiger partial charge >= 0.3 is 0 Å². The average molecular weight is 215 g/mol. The van der Waals surface area contributed by atoms with Gasteiger partial charge in [-0.25, -0.2) is 4.98 Å². The van der Waals surface area contributed by atoms with Gasteiger partial charge in [-0.2, -0.15) is 0 Å². The minimum Gasteiger partial charge on any atom is -0.456 e. The molecule has 80 valence electrons. The molecule has 0 spiro atoms. The average Bonchev–Trinajstić information content (AvgIpc) is 2.94. The molecule has 0 saturated carbocycles. The summed E-state index contributed by atoms with van der Waals surface area (Å²) in [5, 5.41) is 8.06. The van der Waals surface area contributed by atoms with Crippen molar-refractivity contribution in [2.45, 2.75) is 6.54 Å². The quantitative estimate of drug-likeness (QED) is 0.685. The lowest BCUT2D eigenvalue weighted by molar-refractivity contribution is 0.521. The molecule has 0 aromatic carbocycles. The van der Waals surface area contributed by atoms with E-state index < -0.39 is 0 Å². The lowest BCUT2D eigenvalue weighted by atomic mass is 10.4. The van der Waals surface area contributed by atoms with E-state index in [2.05, 4.69) is 15.2 Å². The molecule has 0 saturated heterocycles. The molecule has 0 fully saturated rings. The Morgan fingerprint density at radius 1 is 1.25 bits per heavy atom. The molecule has 0 aliphatic heterocycles. The maximum atomic E-state index is 5.51. The highest BCUT2D eigenvalue weighted by Crippen LogP contribution is 2.20. The van der Waals surface area contributed by atoms with E-state index >= 15 is 0 Å². The Kier molecular flexibility index (Phi) is 1.94. The molecule has 0 aliphatic carbocycles. The minimum absolute atomic E-state index is 0.370. The molecular weight excluding hydrogens is 206 g/mol. The number of aromatic nitrogens is 4. The van der Waals surface area contributed by atoms with E-state index in [4.69, 9.17) is 10.2 Å². The molecule has 0 amide bonds. The molecule has 16 heavy (non-hydrogen) atoms. The maximum absolute atomic E-state index is 5.51. The van der Waals surface area contributed by atoms with Crippen LogP contribution in [0.3, 0.4) is 0 Å². The van der Waals surface area contributed by atoms with Crippen LogP contribution in [-0.4, -0.2) is 19.6 Å². The zero-order valence-electron chi connectivity index (χ0n) is 8.37. The van der Waals surface area contributed by atoms with Crippen LogP contribution in [0.1, 0.15) is 5.76 Å². The zero-order chi connectivity index (χ0) is 11.0. The molecule has 0 bridgehead atoms. The van der Waals surface area contributed by atoms with Crippen LogP contribution in [-0.2, 0) is 6.54 Å². The summed E-state index contributed by atoms with van der Waals surface area (Å²) < 4.78 is 7.27. The second-order valence-corrected chi connectivity index (χ2v) is 3.30. The number of nitrogens with two attached hydrogens (primary N) is 1. The van der Waals surface area contributed by atoms with Gasteiger partial charge in [0, 0.05) is 12.3 Å². The van der Waals surface area contributed by atoms with E-state index in [1.807, 2.05) is 12.1 Å². The van der Waals surface area contributed by atoms with Crippen LogP contribution in [0.15, 0.2) is 35.1 Å². The molecule has 6 heteroatoms. The molecule has 0 atom stereocenters. The Morgan fingerprint density at radius 2 is 2.19 bits per heavy atom. The highest BCUT2D eigenvalue weighted by Gasteiger charge is 2.11. The molecule has 2 N–H and O–H groups in total. The van der Waals surface area contributed by atoms with E-state index in [1.54, 1.807) is 23.0 Å². The van der Waals surface area contributed by atoms with Crippen LogP contribution in [0.2, 0.25) is 0 Å². The highest BCUT2D eigenvalue weighted by atomic mass is 16.3. The van der Waals surface area contributed by atoms with Gasteiger partial charge in [-0.3, -0.25) is 4.40 Å². The van der Waals surface area contributed by atoms with Gasteiger partial charge in [0.05, 0.1) is 6.54 Å². The summed E-state index contributed by atoms with van der Waals surface area (Å²) in [5.74, 6) is 1.99. The number of nitrogens with zero attached hydrogens (tertiary/aromatic N) is 4. The molecule has 3 heterocycles. The first-order valence-electron chi connectivity index (χ1n) is 4.82. The smallest absolute Gasteiger partial charge is 0.205 e. The lowest BCUT2D eigenvalue weighted by Crippen LogP contribution is -1.93. The Bertz CT molecular complexity index is 627. The van der Waals surface area contributed by atoms with Crippen molar-refractivity contribution in [3.8, 4) is 11.6 Å². The number of hydrogen-bond acceptors (Lipinski definition) is 5. The van der Waals surface area contributed by atoms with Crippen molar-refractivity contribution in [1.29, 1.82) is 0 Å². The Hall–Kier alpha value is -2.21. The summed E-state index contributed by atoms with van der Waals surface area (Å²) >= 11 is 0. The van der Waals surface area contributed by atoms with E-state index in [9.17, 15) is 0 Å². The largest absolute Gasteiger partial charge is 0.456 e. The van der Waals surface area contributed by atoms with Crippen LogP contribution in [0, 0.1) is 0 Å². The van der Waals surface area contributed by atoms with Gasteiger partial charge in [0.25, 0.3) is 0 Å². The summed E-state index contributed by atoms with van der Waals surface area (Å²) in [6.07, 6.45) is 3.32. The van der Waals surface area contributed by atoms with Crippen LogP contribution in [0.5, 0.6) is 0 Å². The fourth-order valence-electron chi connectivity index (χ4n) is 1.52. The van der Waals surface area contributed by atoms with Crippen LogP contribution < -0.4 is 5.73 Å². The first-order valence-corrected chi connectivity index (χ1v) is 4.82. The van der Waals surface area contributed by atoms with Crippen molar-refractivity contribution < 1.29 is 4.42 Å². The van der Waals surface area contributed by atoms with Crippen LogP contribution in [0.4, 0.5) is 0 Å². The van der Waals surface area contributed by atoms with Gasteiger partial charge in [0.2, 0.25) is 5.82 Å². The second kappa shape index (κ2) is 3.42. The Labute approximate surface area is 90.7 Å². The highest BCUT2D eigenvalue weighted by molar-refractivity contribution is 5.53. The zero-order valence-corrected chi connectivity index (χ0v) is 8.37. The van der Waals surface area contributed by atoms with Crippen molar-refractivity contribution in [2.24, 2.45) is 5.73 Å². The molecular formula is C10H9N5O. The SMILES string of the molecule is NCc1ccc(-c2nnc3ccncn23)o1. The Balaban J connectivity index is 2.18. The fourth-order valence-corrected chi connectivity index (χ4v) is 1.52. The molecule has 0 aliphatic rings. The maximum Gasteiger partial charge on any atom is 0.205 e. The van der Waals surface area contributed by atoms with Gasteiger partial charge in [-0.05, 0) is 12.1 Å². The van der Waals surface area contributed by atoms with Crippen molar-refractivity contribution >= 4 is 5.65 Å². The molecule has 3 aromatic heterocycles. The van der Waals surface area contributed by atoms with E-state index in [0.29, 0.717) is 18.1 Å². The molecule has 0 unspecified atom stereocenters. The van der Waals surface area contributed by atoms with Gasteiger partial charge < -0.3 is 10.2 Å². The monoisotopic (exact) mass is 215 g/mol. The molecule has 3 aromatic rings. The Morgan fingerprint density at radius 3 is 3.00 bits per heavy atom. The summed E-state index contributed by atoms with van der Waals surface area (Å²) in [6, 6.07) is 5.43. The first-order chi connectivity index (χ1) is 7.88. The predicted molar refractivity (Wildman–Crippen MR) is 56.4 cm³/mol. The lowest BCUT2D eigenvalue weighted by Gasteiger charge is -1.94. The van der Waals surface area contributed by atoms with Gasteiger partial charge in [0.1, 0.15) is 12.1 Å². The molecule has 3 rings (SSSR count). The molecule has 0 radical (unpaired) electrons. The van der Waals surface area contributed by atoms with Crippen LogP contribution >= 0.6 is 0 Å². The summed E-state index contributed by atoms with van der Waals surface area (Å²) in [6.45, 7) is 0.370. The molecule has 6 nitrogen and oxygen atoms in total. The second-order valence-electron chi connectivity index (χ2n) is 3.30. The third-order valence-corrected chi connectivity index (χ3v) is 2.30. The van der Waals surface area contributed by atoms with Gasteiger partial charge in [-0.1, -0.05) is 0 Å². The summed E-state index contributed by atoms with van der Waals surface area (Å²) in [4.78, 5) is 4.01. The number of hydrogen-bond donors (Lipinski definition) is 1. The van der Waals surface area contributed by atoms with Crippen LogP contribution in [0.25, 0.3) is 17.2 Å². The number of fused-ring (bicyclic) bond motifs is 1. The predicted octanol–water partition coefficient (Wildman–Crippen LogP) is 0.843. The van der Waals surface area contributed by atoms with Crippen molar-refractivity contribution in [3.63, 3.8) is 0 Å². The van der Waals surface area contributed by atoms with Gasteiger partial charge in [-0.15, -0.1) is 10.2 Å². The van der Waals surface area contributed by atoms with Crippen molar-refractivity contribution in [3.05, 3.63) is 36.5 Å². The van der Waals surface area contributed by atoms with E-state index in [-0.39, 0.29) is 0 Å². The van der Waals surface area contributed by atoms with Gasteiger partial charge in [0.15, 0.2) is 11.4 Å². The van der Waals surface area contributed by atoms with E-state index in [1.165, 1.54) is 0 Å².